The van der Waals surface area contributed by atoms with Gasteiger partial charge in [-0.1, -0.05) is 29.8 Å². The first-order valence-electron chi connectivity index (χ1n) is 6.06. The smallest absolute Gasteiger partial charge is 0.257 e. The predicted molar refractivity (Wildman–Crippen MR) is 79.6 cm³/mol. The van der Waals surface area contributed by atoms with Gasteiger partial charge in [0.05, 0.1) is 5.56 Å². The molecule has 7 heteroatoms. The number of aromatic amines is 1. The van der Waals surface area contributed by atoms with Crippen LogP contribution in [0.1, 0.15) is 10.4 Å². The van der Waals surface area contributed by atoms with E-state index >= 15 is 0 Å². The highest BCUT2D eigenvalue weighted by atomic mass is 35.5. The largest absolute Gasteiger partial charge is 0.322 e. The predicted octanol–water partition coefficient (Wildman–Crippen LogP) is 2.22. The first kappa shape index (κ1) is 13.3. The highest BCUT2D eigenvalue weighted by molar-refractivity contribution is 6.29. The number of halogens is 1. The Balaban J connectivity index is 2.01. The van der Waals surface area contributed by atoms with Crippen molar-refractivity contribution >= 4 is 34.2 Å². The third-order valence-corrected chi connectivity index (χ3v) is 3.07. The number of fused-ring (bicyclic) bond motifs is 1. The fraction of sp³-hybridized carbons (Fsp3) is 0. The van der Waals surface area contributed by atoms with E-state index in [1.165, 1.54) is 18.2 Å². The van der Waals surface area contributed by atoms with Crippen LogP contribution in [0.3, 0.4) is 0 Å². The summed E-state index contributed by atoms with van der Waals surface area (Å²) in [5.74, 6) is -0.178. The molecule has 0 radical (unpaired) electrons. The molecule has 1 amide bonds. The lowest BCUT2D eigenvalue weighted by atomic mass is 10.1. The van der Waals surface area contributed by atoms with E-state index in [0.717, 1.165) is 0 Å². The van der Waals surface area contributed by atoms with Gasteiger partial charge in [0.15, 0.2) is 11.0 Å². The molecule has 0 saturated carbocycles. The number of aromatic nitrogens is 3. The number of amides is 1. The zero-order valence-corrected chi connectivity index (χ0v) is 11.4. The summed E-state index contributed by atoms with van der Waals surface area (Å²) in [6.07, 6.45) is 0. The highest BCUT2D eigenvalue weighted by Crippen LogP contribution is 2.16. The number of rotatable bonds is 2. The summed E-state index contributed by atoms with van der Waals surface area (Å²) in [5.41, 5.74) is 0.518. The van der Waals surface area contributed by atoms with Crippen molar-refractivity contribution in [1.82, 2.24) is 15.2 Å². The normalized spacial score (nSPS) is 10.5. The minimum atomic E-state index is -0.436. The number of benzene rings is 1. The molecular weight excluding hydrogens is 292 g/mol. The van der Waals surface area contributed by atoms with Crippen LogP contribution >= 0.6 is 11.6 Å². The molecule has 2 N–H and O–H groups in total. The highest BCUT2D eigenvalue weighted by Gasteiger charge is 2.12. The van der Waals surface area contributed by atoms with Crippen molar-refractivity contribution in [3.05, 3.63) is 63.5 Å². The maximum absolute atomic E-state index is 12.3. The standard InChI is InChI=1S/C14H9ClN4O2/c15-11-5-6-12(19-18-11)17-14(21)9-7-13(20)16-10-4-2-1-3-8(9)10/h1-7H,(H,16,20)(H,17,19,21). The van der Waals surface area contributed by atoms with Crippen LogP contribution in [-0.2, 0) is 0 Å². The number of pyridine rings is 1. The summed E-state index contributed by atoms with van der Waals surface area (Å²) >= 11 is 5.63. The van der Waals surface area contributed by atoms with Crippen LogP contribution in [0.5, 0.6) is 0 Å². The van der Waals surface area contributed by atoms with Crippen LogP contribution in [0.25, 0.3) is 10.9 Å². The number of hydrogen-bond acceptors (Lipinski definition) is 4. The Morgan fingerprint density at radius 2 is 1.95 bits per heavy atom. The van der Waals surface area contributed by atoms with Crippen molar-refractivity contribution in [2.45, 2.75) is 0 Å². The molecule has 21 heavy (non-hydrogen) atoms. The number of carbonyl (C=O) groups is 1. The number of H-pyrrole nitrogens is 1. The number of hydrogen-bond donors (Lipinski definition) is 2. The molecule has 2 heterocycles. The number of nitrogens with one attached hydrogen (secondary N) is 2. The Labute approximate surface area is 123 Å². The van der Waals surface area contributed by atoms with E-state index in [1.807, 2.05) is 0 Å². The lowest BCUT2D eigenvalue weighted by Crippen LogP contribution is -2.17. The molecule has 0 fully saturated rings. The van der Waals surface area contributed by atoms with Crippen LogP contribution in [0.2, 0.25) is 5.15 Å². The monoisotopic (exact) mass is 300 g/mol. The van der Waals surface area contributed by atoms with Gasteiger partial charge in [-0.25, -0.2) is 0 Å². The van der Waals surface area contributed by atoms with Crippen molar-refractivity contribution < 1.29 is 4.79 Å². The molecule has 0 unspecified atom stereocenters. The summed E-state index contributed by atoms with van der Waals surface area (Å²) in [6.45, 7) is 0. The van der Waals surface area contributed by atoms with Crippen molar-refractivity contribution in [2.24, 2.45) is 0 Å². The van der Waals surface area contributed by atoms with Gasteiger partial charge in [0.25, 0.3) is 5.91 Å². The fourth-order valence-electron chi connectivity index (χ4n) is 1.96. The summed E-state index contributed by atoms with van der Waals surface area (Å²) in [5, 5.41) is 10.8. The first-order valence-corrected chi connectivity index (χ1v) is 6.44. The van der Waals surface area contributed by atoms with Crippen LogP contribution in [0.4, 0.5) is 5.82 Å². The number of anilines is 1. The molecule has 6 nitrogen and oxygen atoms in total. The van der Waals surface area contributed by atoms with E-state index in [4.69, 9.17) is 11.6 Å². The first-order chi connectivity index (χ1) is 10.1. The molecule has 0 aliphatic heterocycles. The van der Waals surface area contributed by atoms with Gasteiger partial charge in [-0.05, 0) is 18.2 Å². The lowest BCUT2D eigenvalue weighted by Gasteiger charge is -2.06. The molecule has 0 saturated heterocycles. The van der Waals surface area contributed by atoms with Crippen LogP contribution in [0, 0.1) is 0 Å². The Hall–Kier alpha value is -2.73. The quantitative estimate of drug-likeness (QED) is 0.759. The molecule has 0 aliphatic rings. The maximum atomic E-state index is 12.3. The third kappa shape index (κ3) is 2.75. The molecule has 104 valence electrons. The van der Waals surface area contributed by atoms with E-state index in [-0.39, 0.29) is 22.1 Å². The zero-order valence-electron chi connectivity index (χ0n) is 10.6. The summed E-state index contributed by atoms with van der Waals surface area (Å²) in [6, 6.07) is 11.4. The van der Waals surface area contributed by atoms with Gasteiger partial charge in [0.2, 0.25) is 5.56 Å². The second-order valence-corrected chi connectivity index (χ2v) is 4.68. The minimum absolute atomic E-state index is 0.231. The summed E-state index contributed by atoms with van der Waals surface area (Å²) in [7, 11) is 0. The van der Waals surface area contributed by atoms with Gasteiger partial charge in [0, 0.05) is 17.0 Å². The molecule has 0 aliphatic carbocycles. The Morgan fingerprint density at radius 1 is 1.14 bits per heavy atom. The number of nitrogens with zero attached hydrogens (tertiary/aromatic N) is 2. The molecular formula is C14H9ClN4O2. The number of carbonyl (C=O) groups excluding carboxylic acids is 1. The van der Waals surface area contributed by atoms with Gasteiger partial charge in [-0.3, -0.25) is 9.59 Å². The average Bonchev–Trinajstić information content (AvgIpc) is 2.48. The van der Waals surface area contributed by atoms with Crippen LogP contribution in [0.15, 0.2) is 47.3 Å². The van der Waals surface area contributed by atoms with Crippen LogP contribution in [-0.4, -0.2) is 21.1 Å². The maximum Gasteiger partial charge on any atom is 0.257 e. The molecule has 3 aromatic rings. The Morgan fingerprint density at radius 3 is 2.71 bits per heavy atom. The van der Waals surface area contributed by atoms with Crippen LogP contribution < -0.4 is 10.9 Å². The second kappa shape index (κ2) is 5.34. The summed E-state index contributed by atoms with van der Waals surface area (Å²) in [4.78, 5) is 26.6. The third-order valence-electron chi connectivity index (χ3n) is 2.87. The van der Waals surface area contributed by atoms with Crippen molar-refractivity contribution in [1.29, 1.82) is 0 Å². The molecule has 0 atom stereocenters. The molecule has 0 spiro atoms. The second-order valence-electron chi connectivity index (χ2n) is 4.29. The van der Waals surface area contributed by atoms with E-state index in [1.54, 1.807) is 24.3 Å². The van der Waals surface area contributed by atoms with E-state index in [9.17, 15) is 9.59 Å². The summed E-state index contributed by atoms with van der Waals surface area (Å²) < 4.78 is 0. The molecule has 1 aromatic carbocycles. The van der Waals surface area contributed by atoms with Gasteiger partial charge in [0.1, 0.15) is 0 Å². The molecule has 3 rings (SSSR count). The van der Waals surface area contributed by atoms with Gasteiger partial charge < -0.3 is 10.3 Å². The van der Waals surface area contributed by atoms with Gasteiger partial charge in [-0.2, -0.15) is 0 Å². The van der Waals surface area contributed by atoms with Gasteiger partial charge in [-0.15, -0.1) is 10.2 Å². The minimum Gasteiger partial charge on any atom is -0.322 e. The van der Waals surface area contributed by atoms with Gasteiger partial charge >= 0.3 is 0 Å². The van der Waals surface area contributed by atoms with E-state index < -0.39 is 5.91 Å². The molecule has 0 bridgehead atoms. The van der Waals surface area contributed by atoms with E-state index in [0.29, 0.717) is 10.9 Å². The fourth-order valence-corrected chi connectivity index (χ4v) is 2.06. The lowest BCUT2D eigenvalue weighted by molar-refractivity contribution is 0.102. The molecule has 2 aromatic heterocycles. The average molecular weight is 301 g/mol. The Bertz CT molecular complexity index is 874. The van der Waals surface area contributed by atoms with E-state index in [2.05, 4.69) is 20.5 Å². The van der Waals surface area contributed by atoms with Crippen molar-refractivity contribution in [3.8, 4) is 0 Å². The Kier molecular flexibility index (Phi) is 3.37. The number of para-hydroxylation sites is 1. The topological polar surface area (TPSA) is 87.7 Å². The SMILES string of the molecule is O=C(Nc1ccc(Cl)nn1)c1cc(=O)[nH]c2ccccc12. The van der Waals surface area contributed by atoms with Crippen molar-refractivity contribution in [2.75, 3.05) is 5.32 Å². The zero-order chi connectivity index (χ0) is 14.8. The van der Waals surface area contributed by atoms with Crippen molar-refractivity contribution in [3.63, 3.8) is 0 Å².